The Morgan fingerprint density at radius 1 is 1.15 bits per heavy atom. The second-order valence-corrected chi connectivity index (χ2v) is 9.21. The van der Waals surface area contributed by atoms with Crippen LogP contribution in [0.5, 0.6) is 0 Å². The van der Waals surface area contributed by atoms with Crippen LogP contribution in [0, 0.1) is 0 Å². The Kier molecular flexibility index (Phi) is 6.85. The molecule has 1 amide bonds. The number of anilines is 3. The van der Waals surface area contributed by atoms with E-state index in [2.05, 4.69) is 37.4 Å². The first-order valence-corrected chi connectivity index (χ1v) is 11.5. The molecule has 0 saturated carbocycles. The van der Waals surface area contributed by atoms with Gasteiger partial charge in [-0.25, -0.2) is 18.7 Å². The number of amides is 1. The molecule has 3 heterocycles. The van der Waals surface area contributed by atoms with Gasteiger partial charge in [0, 0.05) is 62.8 Å². The van der Waals surface area contributed by atoms with E-state index in [1.807, 2.05) is 18.2 Å². The number of aromatic nitrogens is 2. The van der Waals surface area contributed by atoms with Crippen LogP contribution in [-0.2, 0) is 0 Å². The van der Waals surface area contributed by atoms with Crippen molar-refractivity contribution in [1.82, 2.24) is 20.2 Å². The molecule has 0 aliphatic carbocycles. The number of benzene rings is 1. The van der Waals surface area contributed by atoms with Gasteiger partial charge in [-0.3, -0.25) is 4.79 Å². The average Bonchev–Trinajstić information content (AvgIpc) is 3.26. The van der Waals surface area contributed by atoms with Gasteiger partial charge in [0.2, 0.25) is 0 Å². The minimum absolute atomic E-state index is 0.321. The highest BCUT2D eigenvalue weighted by atomic mass is 32.1. The fraction of sp³-hybridized carbons (Fsp3) is 0.348. The number of thiazole rings is 1. The zero-order chi connectivity index (χ0) is 23.4. The summed E-state index contributed by atoms with van der Waals surface area (Å²) in [6.45, 7) is 4.07. The lowest BCUT2D eigenvalue weighted by Crippen LogP contribution is -2.44. The van der Waals surface area contributed by atoms with Crippen molar-refractivity contribution in [3.8, 4) is 10.4 Å². The molecule has 1 aromatic carbocycles. The first-order chi connectivity index (χ1) is 15.8. The summed E-state index contributed by atoms with van der Waals surface area (Å²) < 4.78 is 26.1. The zero-order valence-corrected chi connectivity index (χ0v) is 19.3. The quantitative estimate of drug-likeness (QED) is 0.540. The van der Waals surface area contributed by atoms with Gasteiger partial charge in [-0.05, 0) is 30.8 Å². The zero-order valence-electron chi connectivity index (χ0n) is 18.5. The Bertz CT molecular complexity index is 1110. The van der Waals surface area contributed by atoms with Crippen molar-refractivity contribution < 1.29 is 13.6 Å². The Morgan fingerprint density at radius 3 is 2.70 bits per heavy atom. The predicted octanol–water partition coefficient (Wildman–Crippen LogP) is 4.09. The largest absolute Gasteiger partial charge is 0.369 e. The summed E-state index contributed by atoms with van der Waals surface area (Å²) in [5, 5.41) is 6.19. The van der Waals surface area contributed by atoms with Crippen molar-refractivity contribution >= 4 is 33.9 Å². The Labute approximate surface area is 195 Å². The van der Waals surface area contributed by atoms with Gasteiger partial charge in [-0.15, -0.1) is 0 Å². The summed E-state index contributed by atoms with van der Waals surface area (Å²) in [6.07, 6.45) is 3.50. The lowest BCUT2D eigenvalue weighted by molar-refractivity contribution is 0.0221. The van der Waals surface area contributed by atoms with Gasteiger partial charge < -0.3 is 20.4 Å². The van der Waals surface area contributed by atoms with E-state index in [0.29, 0.717) is 16.5 Å². The molecular formula is C23H26F2N6OS. The molecule has 3 aromatic rings. The van der Waals surface area contributed by atoms with E-state index in [-0.39, 0.29) is 0 Å². The van der Waals surface area contributed by atoms with Gasteiger partial charge >= 0.3 is 0 Å². The highest BCUT2D eigenvalue weighted by Gasteiger charge is 2.22. The number of piperazine rings is 1. The Hall–Kier alpha value is -3.11. The molecule has 1 fully saturated rings. The van der Waals surface area contributed by atoms with Crippen molar-refractivity contribution in [2.24, 2.45) is 0 Å². The molecule has 0 radical (unpaired) electrons. The monoisotopic (exact) mass is 472 g/mol. The first kappa shape index (κ1) is 23.1. The van der Waals surface area contributed by atoms with Gasteiger partial charge in [0.15, 0.2) is 5.13 Å². The number of nitrogens with one attached hydrogen (secondary N) is 2. The number of hydrogen-bond donors (Lipinski definition) is 2. The smallest absolute Gasteiger partial charge is 0.262 e. The summed E-state index contributed by atoms with van der Waals surface area (Å²) in [6, 6.07) is 10.9. The van der Waals surface area contributed by atoms with E-state index < -0.39 is 18.4 Å². The van der Waals surface area contributed by atoms with E-state index in [0.717, 1.165) is 49.2 Å². The van der Waals surface area contributed by atoms with E-state index in [1.165, 1.54) is 11.3 Å². The van der Waals surface area contributed by atoms with Crippen LogP contribution in [0.3, 0.4) is 0 Å². The number of hydrogen-bond acceptors (Lipinski definition) is 7. The highest BCUT2D eigenvalue weighted by Crippen LogP contribution is 2.31. The summed E-state index contributed by atoms with van der Waals surface area (Å²) >= 11 is 1.43. The van der Waals surface area contributed by atoms with Crippen molar-refractivity contribution in [2.45, 2.75) is 12.8 Å². The maximum atomic E-state index is 13.0. The minimum Gasteiger partial charge on any atom is -0.369 e. The standard InChI is InChI=1S/C23H26F2N6OS/c1-23(24,25)15-28-21(32)17-5-3-4-16(12-17)19-14-27-22(33-19)29-20-13-18(6-7-26-20)31-10-8-30(2)9-11-31/h3-7,12-14H,8-11,15H2,1-2H3,(H,28,32)(H,26,27,29). The van der Waals surface area contributed by atoms with Crippen LogP contribution in [0.2, 0.25) is 0 Å². The third-order valence-corrected chi connectivity index (χ3v) is 6.28. The molecule has 0 unspecified atom stereocenters. The summed E-state index contributed by atoms with van der Waals surface area (Å²) in [5.74, 6) is -2.78. The van der Waals surface area contributed by atoms with Gasteiger partial charge in [-0.2, -0.15) is 0 Å². The van der Waals surface area contributed by atoms with Crippen molar-refractivity contribution in [1.29, 1.82) is 0 Å². The van der Waals surface area contributed by atoms with Crippen molar-refractivity contribution in [3.05, 3.63) is 54.4 Å². The molecule has 0 atom stereocenters. The van der Waals surface area contributed by atoms with Crippen LogP contribution in [-0.4, -0.2) is 66.5 Å². The van der Waals surface area contributed by atoms with Gasteiger partial charge in [-0.1, -0.05) is 23.5 Å². The number of rotatable bonds is 7. The third kappa shape index (κ3) is 6.23. The second-order valence-electron chi connectivity index (χ2n) is 8.18. The van der Waals surface area contributed by atoms with E-state index >= 15 is 0 Å². The highest BCUT2D eigenvalue weighted by molar-refractivity contribution is 7.18. The van der Waals surface area contributed by atoms with Crippen LogP contribution in [0.15, 0.2) is 48.8 Å². The predicted molar refractivity (Wildman–Crippen MR) is 128 cm³/mol. The number of alkyl halides is 2. The van der Waals surface area contributed by atoms with Crippen LogP contribution < -0.4 is 15.5 Å². The second kappa shape index (κ2) is 9.80. The van der Waals surface area contributed by atoms with E-state index in [9.17, 15) is 13.6 Å². The normalized spacial score (nSPS) is 14.8. The number of carbonyl (C=O) groups excluding carboxylic acids is 1. The number of likely N-dealkylation sites (N-methyl/N-ethyl adjacent to an activating group) is 1. The molecule has 10 heteroatoms. The van der Waals surface area contributed by atoms with Gasteiger partial charge in [0.1, 0.15) is 5.82 Å². The number of carbonyl (C=O) groups is 1. The third-order valence-electron chi connectivity index (χ3n) is 5.32. The molecule has 1 aliphatic rings. The molecule has 174 valence electrons. The van der Waals surface area contributed by atoms with Crippen LogP contribution in [0.4, 0.5) is 25.4 Å². The molecule has 1 saturated heterocycles. The fourth-order valence-electron chi connectivity index (χ4n) is 3.48. The van der Waals surface area contributed by atoms with Gasteiger partial charge in [0.25, 0.3) is 11.8 Å². The average molecular weight is 473 g/mol. The molecule has 0 bridgehead atoms. The van der Waals surface area contributed by atoms with Crippen molar-refractivity contribution in [2.75, 3.05) is 50.0 Å². The van der Waals surface area contributed by atoms with Gasteiger partial charge in [0.05, 0.1) is 11.4 Å². The lowest BCUT2D eigenvalue weighted by Gasteiger charge is -2.34. The molecule has 2 N–H and O–H groups in total. The molecule has 1 aliphatic heterocycles. The molecule has 7 nitrogen and oxygen atoms in total. The Morgan fingerprint density at radius 2 is 1.94 bits per heavy atom. The molecule has 2 aromatic heterocycles. The summed E-state index contributed by atoms with van der Waals surface area (Å²) in [7, 11) is 2.13. The van der Waals surface area contributed by atoms with Crippen LogP contribution >= 0.6 is 11.3 Å². The molecule has 4 rings (SSSR count). The maximum absolute atomic E-state index is 13.0. The topological polar surface area (TPSA) is 73.4 Å². The lowest BCUT2D eigenvalue weighted by atomic mass is 10.1. The minimum atomic E-state index is -2.96. The van der Waals surface area contributed by atoms with E-state index in [4.69, 9.17) is 0 Å². The number of nitrogens with zero attached hydrogens (tertiary/aromatic N) is 4. The summed E-state index contributed by atoms with van der Waals surface area (Å²) in [4.78, 5) is 26.6. The molecule has 0 spiro atoms. The fourth-order valence-corrected chi connectivity index (χ4v) is 4.29. The Balaban J connectivity index is 1.43. The molecular weight excluding hydrogens is 446 g/mol. The van der Waals surface area contributed by atoms with E-state index in [1.54, 1.807) is 30.6 Å². The van der Waals surface area contributed by atoms with Crippen molar-refractivity contribution in [3.63, 3.8) is 0 Å². The molecule has 33 heavy (non-hydrogen) atoms. The summed E-state index contributed by atoms with van der Waals surface area (Å²) in [5.41, 5.74) is 2.23. The number of pyridine rings is 1. The van der Waals surface area contributed by atoms with Crippen LogP contribution in [0.1, 0.15) is 17.3 Å². The number of halogens is 2. The SMILES string of the molecule is CN1CCN(c2ccnc(Nc3ncc(-c4cccc(C(=O)NCC(C)(F)F)c4)s3)c2)CC1. The first-order valence-electron chi connectivity index (χ1n) is 10.7. The maximum Gasteiger partial charge on any atom is 0.262 e. The van der Waals surface area contributed by atoms with Crippen LogP contribution in [0.25, 0.3) is 10.4 Å².